The van der Waals surface area contributed by atoms with Gasteiger partial charge >= 0.3 is 0 Å². The smallest absolute Gasteiger partial charge is 0.226 e. The Bertz CT molecular complexity index is 394. The molecule has 1 nitrogen and oxygen atoms in total. The summed E-state index contributed by atoms with van der Waals surface area (Å²) in [6.07, 6.45) is 0. The van der Waals surface area contributed by atoms with Crippen molar-refractivity contribution in [3.8, 4) is 0 Å². The number of halogens is 1. The molecule has 70 valence electrons. The molecule has 0 aliphatic rings. The van der Waals surface area contributed by atoms with Crippen molar-refractivity contribution in [2.45, 2.75) is 19.9 Å². The van der Waals surface area contributed by atoms with Crippen LogP contribution in [0.3, 0.4) is 0 Å². The molecular weight excluding hydrogens is 246 g/mol. The molecule has 0 fully saturated rings. The Morgan fingerprint density at radius 1 is 1.23 bits per heavy atom. The van der Waals surface area contributed by atoms with E-state index in [1.54, 1.807) is 11.3 Å². The summed E-state index contributed by atoms with van der Waals surface area (Å²) in [5.74, 6) is 0. The van der Waals surface area contributed by atoms with Gasteiger partial charge in [-0.25, -0.2) is 0 Å². The van der Waals surface area contributed by atoms with Gasteiger partial charge in [0.25, 0.3) is 0 Å². The zero-order chi connectivity index (χ0) is 8.55. The maximum absolute atomic E-state index is 2.31. The van der Waals surface area contributed by atoms with Crippen molar-refractivity contribution in [2.24, 2.45) is 0 Å². The summed E-state index contributed by atoms with van der Waals surface area (Å²) in [6.45, 7) is 4.42. The molecule has 1 aromatic heterocycles. The normalized spacial score (nSPS) is 10.4. The monoisotopic (exact) mass is 257 g/mol. The number of fused-ring (bicyclic) bond motifs is 1. The first kappa shape index (κ1) is 10.7. The van der Waals surface area contributed by atoms with Crippen molar-refractivity contribution in [1.82, 2.24) is 0 Å². The van der Waals surface area contributed by atoms with E-state index >= 15 is 0 Å². The van der Waals surface area contributed by atoms with Crippen LogP contribution in [0.5, 0.6) is 0 Å². The average molecular weight is 258 g/mol. The summed E-state index contributed by atoms with van der Waals surface area (Å²) in [4.78, 5) is 0. The molecule has 0 saturated carbocycles. The van der Waals surface area contributed by atoms with Gasteiger partial charge in [0.05, 0.1) is 0 Å². The molecule has 0 radical (unpaired) electrons. The molecule has 13 heavy (non-hydrogen) atoms. The predicted molar refractivity (Wildman–Crippen MR) is 52.4 cm³/mol. The van der Waals surface area contributed by atoms with E-state index in [2.05, 4.69) is 48.2 Å². The first-order valence-electron chi connectivity index (χ1n) is 4.16. The fraction of sp³-hybridized carbons (Fsp3) is 0.300. The highest BCUT2D eigenvalue weighted by molar-refractivity contribution is 7.16. The van der Waals surface area contributed by atoms with Crippen molar-refractivity contribution in [3.63, 3.8) is 0 Å². The number of hydrogen-bond donors (Lipinski definition) is 0. The van der Waals surface area contributed by atoms with Gasteiger partial charge in [-0.2, -0.15) is 4.57 Å². The summed E-state index contributed by atoms with van der Waals surface area (Å²) >= 11 is 1.81. The SMILES string of the molecule is CC(C)[n+]1csc2ccccc21.[Br-]. The standard InChI is InChI=1S/C10H12NS.BrH/c1-8(2)11-7-12-10-6-4-3-5-9(10)11;/h3-8H,1-2H3;1H/q+1;/p-1. The molecule has 0 bridgehead atoms. The molecule has 0 N–H and O–H groups in total. The van der Waals surface area contributed by atoms with Gasteiger partial charge in [0.2, 0.25) is 11.0 Å². The first-order chi connectivity index (χ1) is 5.79. The fourth-order valence-electron chi connectivity index (χ4n) is 1.34. The van der Waals surface area contributed by atoms with Gasteiger partial charge < -0.3 is 17.0 Å². The number of thiazole rings is 1. The number of rotatable bonds is 1. The topological polar surface area (TPSA) is 3.88 Å². The molecule has 0 saturated heterocycles. The second kappa shape index (κ2) is 4.20. The third-order valence-corrected chi connectivity index (χ3v) is 2.92. The highest BCUT2D eigenvalue weighted by Gasteiger charge is 2.13. The van der Waals surface area contributed by atoms with Crippen molar-refractivity contribution in [3.05, 3.63) is 29.8 Å². The average Bonchev–Trinajstić information content (AvgIpc) is 2.47. The molecule has 0 unspecified atom stereocenters. The van der Waals surface area contributed by atoms with Gasteiger partial charge in [0, 0.05) is 6.07 Å². The number of hydrogen-bond acceptors (Lipinski definition) is 1. The predicted octanol–water partition coefficient (Wildman–Crippen LogP) is -0.226. The van der Waals surface area contributed by atoms with Crippen molar-refractivity contribution >= 4 is 21.6 Å². The summed E-state index contributed by atoms with van der Waals surface area (Å²) in [7, 11) is 0. The highest BCUT2D eigenvalue weighted by atomic mass is 79.9. The summed E-state index contributed by atoms with van der Waals surface area (Å²) in [5.41, 5.74) is 3.53. The molecule has 1 heterocycles. The van der Waals surface area contributed by atoms with E-state index in [0.29, 0.717) is 6.04 Å². The minimum atomic E-state index is 0. The number of aromatic nitrogens is 1. The van der Waals surface area contributed by atoms with Gasteiger partial charge in [0.15, 0.2) is 6.04 Å². The van der Waals surface area contributed by atoms with Crippen LogP contribution < -0.4 is 21.5 Å². The maximum atomic E-state index is 2.31. The Hall–Kier alpha value is -0.410. The van der Waals surface area contributed by atoms with Crippen molar-refractivity contribution < 1.29 is 21.5 Å². The minimum absolute atomic E-state index is 0. The van der Waals surface area contributed by atoms with Gasteiger partial charge in [-0.15, -0.1) is 0 Å². The molecule has 0 amide bonds. The van der Waals surface area contributed by atoms with Crippen LogP contribution in [0.4, 0.5) is 0 Å². The Labute approximate surface area is 92.8 Å². The van der Waals surface area contributed by atoms with E-state index in [1.807, 2.05) is 0 Å². The third-order valence-electron chi connectivity index (χ3n) is 1.99. The van der Waals surface area contributed by atoms with Gasteiger partial charge in [0.1, 0.15) is 4.70 Å². The van der Waals surface area contributed by atoms with Gasteiger partial charge in [-0.1, -0.05) is 23.5 Å². The number of nitrogens with zero attached hydrogens (tertiary/aromatic N) is 1. The molecule has 0 spiro atoms. The zero-order valence-electron chi connectivity index (χ0n) is 7.70. The first-order valence-corrected chi connectivity index (χ1v) is 5.04. The number of para-hydroxylation sites is 1. The summed E-state index contributed by atoms with van der Waals surface area (Å²) in [6, 6.07) is 9.07. The van der Waals surface area contributed by atoms with E-state index in [1.165, 1.54) is 10.2 Å². The van der Waals surface area contributed by atoms with E-state index < -0.39 is 0 Å². The van der Waals surface area contributed by atoms with E-state index in [-0.39, 0.29) is 17.0 Å². The largest absolute Gasteiger partial charge is 1.00 e. The lowest BCUT2D eigenvalue weighted by Crippen LogP contribution is -3.00. The van der Waals surface area contributed by atoms with Crippen LogP contribution in [-0.2, 0) is 0 Å². The lowest BCUT2D eigenvalue weighted by atomic mass is 10.3. The molecule has 1 aromatic carbocycles. The summed E-state index contributed by atoms with van der Waals surface area (Å²) < 4.78 is 3.67. The van der Waals surface area contributed by atoms with Crippen LogP contribution in [0.25, 0.3) is 10.2 Å². The summed E-state index contributed by atoms with van der Waals surface area (Å²) in [5, 5.41) is 0. The van der Waals surface area contributed by atoms with Crippen LogP contribution in [0, 0.1) is 0 Å². The second-order valence-electron chi connectivity index (χ2n) is 3.19. The van der Waals surface area contributed by atoms with Crippen LogP contribution >= 0.6 is 11.3 Å². The Kier molecular flexibility index (Phi) is 3.45. The van der Waals surface area contributed by atoms with E-state index in [9.17, 15) is 0 Å². The van der Waals surface area contributed by atoms with Crippen molar-refractivity contribution in [2.75, 3.05) is 0 Å². The fourth-order valence-corrected chi connectivity index (χ4v) is 2.38. The number of benzene rings is 1. The van der Waals surface area contributed by atoms with Crippen LogP contribution in [-0.4, -0.2) is 0 Å². The molecule has 0 aliphatic carbocycles. The Morgan fingerprint density at radius 3 is 2.62 bits per heavy atom. The Morgan fingerprint density at radius 2 is 1.92 bits per heavy atom. The molecule has 0 atom stereocenters. The van der Waals surface area contributed by atoms with E-state index in [4.69, 9.17) is 0 Å². The molecule has 2 rings (SSSR count). The van der Waals surface area contributed by atoms with Crippen molar-refractivity contribution in [1.29, 1.82) is 0 Å². The third kappa shape index (κ3) is 1.92. The Balaban J connectivity index is 0.000000845. The molecular formula is C10H12BrNS. The van der Waals surface area contributed by atoms with Crippen LogP contribution in [0.1, 0.15) is 19.9 Å². The zero-order valence-corrected chi connectivity index (χ0v) is 10.1. The quantitative estimate of drug-likeness (QED) is 0.622. The van der Waals surface area contributed by atoms with Gasteiger partial charge in [-0.05, 0) is 19.9 Å². The molecule has 2 aromatic rings. The van der Waals surface area contributed by atoms with Gasteiger partial charge in [-0.3, -0.25) is 0 Å². The van der Waals surface area contributed by atoms with Crippen LogP contribution in [0.2, 0.25) is 0 Å². The lowest BCUT2D eigenvalue weighted by Gasteiger charge is -1.95. The lowest BCUT2D eigenvalue weighted by molar-refractivity contribution is -0.687. The molecule has 0 aliphatic heterocycles. The maximum Gasteiger partial charge on any atom is 0.226 e. The minimum Gasteiger partial charge on any atom is -1.00 e. The van der Waals surface area contributed by atoms with Crippen LogP contribution in [0.15, 0.2) is 29.8 Å². The van der Waals surface area contributed by atoms with E-state index in [0.717, 1.165) is 0 Å². The molecule has 3 heteroatoms. The second-order valence-corrected chi connectivity index (χ2v) is 4.08. The highest BCUT2D eigenvalue weighted by Crippen LogP contribution is 2.16.